The van der Waals surface area contributed by atoms with Crippen molar-refractivity contribution in [1.82, 2.24) is 9.88 Å². The molecule has 1 rings (SSSR count). The van der Waals surface area contributed by atoms with Gasteiger partial charge in [-0.05, 0) is 19.1 Å². The van der Waals surface area contributed by atoms with E-state index in [0.717, 1.165) is 0 Å². The molecule has 0 atom stereocenters. The molecule has 0 aliphatic rings. The molecule has 0 radical (unpaired) electrons. The number of anilines is 1. The van der Waals surface area contributed by atoms with Gasteiger partial charge in [-0.15, -0.1) is 0 Å². The lowest BCUT2D eigenvalue weighted by Crippen LogP contribution is -2.32. The van der Waals surface area contributed by atoms with Crippen molar-refractivity contribution >= 4 is 11.7 Å². The van der Waals surface area contributed by atoms with Gasteiger partial charge in [-0.3, -0.25) is 4.79 Å². The van der Waals surface area contributed by atoms with Gasteiger partial charge in [-0.1, -0.05) is 6.07 Å². The van der Waals surface area contributed by atoms with Crippen molar-refractivity contribution in [3.05, 3.63) is 23.9 Å². The molecule has 16 heavy (non-hydrogen) atoms. The van der Waals surface area contributed by atoms with Crippen molar-refractivity contribution < 1.29 is 4.79 Å². The second-order valence-corrected chi connectivity index (χ2v) is 3.24. The molecule has 2 N–H and O–H groups in total. The number of amides is 1. The van der Waals surface area contributed by atoms with Crippen molar-refractivity contribution in [2.45, 2.75) is 13.3 Å². The van der Waals surface area contributed by atoms with Crippen LogP contribution in [0.25, 0.3) is 0 Å². The van der Waals surface area contributed by atoms with Crippen LogP contribution in [0, 0.1) is 11.3 Å². The molecule has 1 amide bonds. The zero-order valence-corrected chi connectivity index (χ0v) is 9.18. The quantitative estimate of drug-likeness (QED) is 0.818. The summed E-state index contributed by atoms with van der Waals surface area (Å²) >= 11 is 0. The minimum Gasteiger partial charge on any atom is -0.384 e. The van der Waals surface area contributed by atoms with Gasteiger partial charge in [0.25, 0.3) is 5.91 Å². The molecule has 0 saturated carbocycles. The molecule has 5 heteroatoms. The normalized spacial score (nSPS) is 9.50. The highest BCUT2D eigenvalue weighted by atomic mass is 16.2. The van der Waals surface area contributed by atoms with Crippen LogP contribution in [0.4, 0.5) is 5.82 Å². The van der Waals surface area contributed by atoms with Gasteiger partial charge in [0.15, 0.2) is 0 Å². The molecule has 1 aromatic rings. The number of carbonyl (C=O) groups is 1. The van der Waals surface area contributed by atoms with E-state index < -0.39 is 0 Å². The molecule has 0 aliphatic carbocycles. The van der Waals surface area contributed by atoms with Gasteiger partial charge >= 0.3 is 0 Å². The highest BCUT2D eigenvalue weighted by Crippen LogP contribution is 2.05. The second-order valence-electron chi connectivity index (χ2n) is 3.24. The van der Waals surface area contributed by atoms with Crippen molar-refractivity contribution in [3.8, 4) is 6.07 Å². The fourth-order valence-electron chi connectivity index (χ4n) is 1.32. The Morgan fingerprint density at radius 2 is 2.38 bits per heavy atom. The lowest BCUT2D eigenvalue weighted by atomic mass is 10.3. The monoisotopic (exact) mass is 218 g/mol. The van der Waals surface area contributed by atoms with E-state index in [0.29, 0.717) is 31.0 Å². The van der Waals surface area contributed by atoms with Gasteiger partial charge in [0.05, 0.1) is 12.5 Å². The lowest BCUT2D eigenvalue weighted by Gasteiger charge is -2.18. The van der Waals surface area contributed by atoms with Gasteiger partial charge in [0.2, 0.25) is 0 Å². The van der Waals surface area contributed by atoms with E-state index in [-0.39, 0.29) is 5.91 Å². The predicted octanol–water partition coefficient (Wildman–Crippen LogP) is 1.04. The molecule has 0 bridgehead atoms. The zero-order valence-electron chi connectivity index (χ0n) is 9.18. The Labute approximate surface area is 94.5 Å². The molecule has 0 saturated heterocycles. The van der Waals surface area contributed by atoms with Crippen LogP contribution in [-0.4, -0.2) is 28.9 Å². The molecule has 0 fully saturated rings. The largest absolute Gasteiger partial charge is 0.384 e. The van der Waals surface area contributed by atoms with Gasteiger partial charge in [-0.2, -0.15) is 5.26 Å². The summed E-state index contributed by atoms with van der Waals surface area (Å²) in [6, 6.07) is 6.95. The summed E-state index contributed by atoms with van der Waals surface area (Å²) in [5.74, 6) is 0.132. The molecular formula is C11H14N4O. The van der Waals surface area contributed by atoms with E-state index in [9.17, 15) is 4.79 Å². The van der Waals surface area contributed by atoms with Gasteiger partial charge in [0, 0.05) is 13.1 Å². The fraction of sp³-hybridized carbons (Fsp3) is 0.364. The first-order valence-corrected chi connectivity index (χ1v) is 5.07. The van der Waals surface area contributed by atoms with E-state index in [1.54, 1.807) is 23.1 Å². The van der Waals surface area contributed by atoms with Crippen LogP contribution in [0.2, 0.25) is 0 Å². The molecular weight excluding hydrogens is 204 g/mol. The van der Waals surface area contributed by atoms with E-state index in [1.165, 1.54) is 0 Å². The number of nitrogens with zero attached hydrogens (tertiary/aromatic N) is 3. The number of pyridine rings is 1. The van der Waals surface area contributed by atoms with E-state index >= 15 is 0 Å². The van der Waals surface area contributed by atoms with Crippen molar-refractivity contribution in [2.75, 3.05) is 18.8 Å². The number of rotatable bonds is 4. The Hall–Kier alpha value is -2.09. The first-order chi connectivity index (χ1) is 7.69. The Morgan fingerprint density at radius 3 is 2.94 bits per heavy atom. The number of nitriles is 1. The summed E-state index contributed by atoms with van der Waals surface area (Å²) in [7, 11) is 0. The number of nitrogens with two attached hydrogens (primary N) is 1. The smallest absolute Gasteiger partial charge is 0.272 e. The van der Waals surface area contributed by atoms with E-state index in [2.05, 4.69) is 4.98 Å². The summed E-state index contributed by atoms with van der Waals surface area (Å²) < 4.78 is 0. The Morgan fingerprint density at radius 1 is 1.62 bits per heavy atom. The van der Waals surface area contributed by atoms with Crippen molar-refractivity contribution in [3.63, 3.8) is 0 Å². The van der Waals surface area contributed by atoms with E-state index in [1.807, 2.05) is 13.0 Å². The average molecular weight is 218 g/mol. The third-order valence-electron chi connectivity index (χ3n) is 2.15. The predicted molar refractivity (Wildman–Crippen MR) is 60.5 cm³/mol. The molecule has 0 spiro atoms. The Balaban J connectivity index is 2.79. The van der Waals surface area contributed by atoms with Gasteiger partial charge in [0.1, 0.15) is 11.5 Å². The Bertz CT molecular complexity index is 411. The lowest BCUT2D eigenvalue weighted by molar-refractivity contribution is 0.0762. The van der Waals surface area contributed by atoms with Crippen LogP contribution in [-0.2, 0) is 0 Å². The number of aromatic nitrogens is 1. The number of hydrogen-bond donors (Lipinski definition) is 1. The van der Waals surface area contributed by atoms with Crippen LogP contribution in [0.15, 0.2) is 18.2 Å². The number of carbonyl (C=O) groups excluding carboxylic acids is 1. The third-order valence-corrected chi connectivity index (χ3v) is 2.15. The first-order valence-electron chi connectivity index (χ1n) is 5.07. The van der Waals surface area contributed by atoms with Crippen molar-refractivity contribution in [1.29, 1.82) is 5.26 Å². The molecule has 1 aromatic heterocycles. The standard InChI is InChI=1S/C11H14N4O/c1-2-15(8-4-7-12)11(16)9-5-3-6-10(13)14-9/h3,5-6H,2,4,8H2,1H3,(H2,13,14). The summed E-state index contributed by atoms with van der Waals surface area (Å²) in [6.07, 6.45) is 0.321. The molecule has 0 aliphatic heterocycles. The second kappa shape index (κ2) is 5.71. The highest BCUT2D eigenvalue weighted by molar-refractivity contribution is 5.92. The molecule has 0 unspecified atom stereocenters. The average Bonchev–Trinajstić information content (AvgIpc) is 2.29. The van der Waals surface area contributed by atoms with Crippen LogP contribution in [0.3, 0.4) is 0 Å². The zero-order chi connectivity index (χ0) is 12.0. The maximum Gasteiger partial charge on any atom is 0.272 e. The number of hydrogen-bond acceptors (Lipinski definition) is 4. The van der Waals surface area contributed by atoms with Crippen LogP contribution >= 0.6 is 0 Å². The van der Waals surface area contributed by atoms with Crippen LogP contribution < -0.4 is 5.73 Å². The summed E-state index contributed by atoms with van der Waals surface area (Å²) in [4.78, 5) is 17.5. The van der Waals surface area contributed by atoms with Crippen LogP contribution in [0.1, 0.15) is 23.8 Å². The molecule has 1 heterocycles. The summed E-state index contributed by atoms with van der Waals surface area (Å²) in [5, 5.41) is 8.48. The summed E-state index contributed by atoms with van der Waals surface area (Å²) in [6.45, 7) is 2.83. The van der Waals surface area contributed by atoms with Crippen LogP contribution in [0.5, 0.6) is 0 Å². The molecule has 84 valence electrons. The van der Waals surface area contributed by atoms with E-state index in [4.69, 9.17) is 11.0 Å². The minimum atomic E-state index is -0.190. The SMILES string of the molecule is CCN(CCC#N)C(=O)c1cccc(N)n1. The molecule has 0 aromatic carbocycles. The highest BCUT2D eigenvalue weighted by Gasteiger charge is 2.14. The maximum atomic E-state index is 11.9. The topological polar surface area (TPSA) is 83.0 Å². The first kappa shape index (κ1) is 12.0. The molecule has 5 nitrogen and oxygen atoms in total. The fourth-order valence-corrected chi connectivity index (χ4v) is 1.32. The van der Waals surface area contributed by atoms with Gasteiger partial charge < -0.3 is 10.6 Å². The van der Waals surface area contributed by atoms with Crippen molar-refractivity contribution in [2.24, 2.45) is 0 Å². The summed E-state index contributed by atoms with van der Waals surface area (Å²) in [5.41, 5.74) is 5.82. The van der Waals surface area contributed by atoms with Gasteiger partial charge in [-0.25, -0.2) is 4.98 Å². The maximum absolute atomic E-state index is 11.9. The Kier molecular flexibility index (Phi) is 4.28. The third kappa shape index (κ3) is 2.95. The minimum absolute atomic E-state index is 0.190. The number of nitrogen functional groups attached to an aromatic ring is 1.